The van der Waals surface area contributed by atoms with Crippen molar-refractivity contribution in [3.63, 3.8) is 0 Å². The van der Waals surface area contributed by atoms with Crippen molar-refractivity contribution in [3.05, 3.63) is 0 Å². The van der Waals surface area contributed by atoms with Gasteiger partial charge in [0.05, 0.1) is 6.07 Å². The highest BCUT2D eigenvalue weighted by molar-refractivity contribution is 8.39. The Hall–Kier alpha value is -0.670. The van der Waals surface area contributed by atoms with E-state index in [4.69, 9.17) is 5.11 Å². The van der Waals surface area contributed by atoms with Crippen LogP contribution >= 0.6 is 23.5 Å². The Labute approximate surface area is 161 Å². The lowest BCUT2D eigenvalue weighted by Crippen LogP contribution is -2.20. The number of unbranched alkanes of at least 4 members (excludes halogenated alkanes) is 9. The van der Waals surface area contributed by atoms with Gasteiger partial charge in [-0.25, -0.2) is 0 Å². The maximum atomic E-state index is 11.9. The molecule has 0 heterocycles. The summed E-state index contributed by atoms with van der Waals surface area (Å²) in [5, 5.41) is 17.9. The van der Waals surface area contributed by atoms with Gasteiger partial charge < -0.3 is 5.11 Å². The first-order valence-corrected chi connectivity index (χ1v) is 11.2. The highest BCUT2D eigenvalue weighted by Crippen LogP contribution is 2.34. The summed E-state index contributed by atoms with van der Waals surface area (Å²) in [4.78, 5) is 22.6. The minimum absolute atomic E-state index is 0.0784. The van der Waals surface area contributed by atoms with Gasteiger partial charge in [0.25, 0.3) is 0 Å². The molecule has 25 heavy (non-hydrogen) atoms. The van der Waals surface area contributed by atoms with Gasteiger partial charge in [-0.1, -0.05) is 88.2 Å². The lowest BCUT2D eigenvalue weighted by molar-refractivity contribution is -0.137. The number of carboxylic acid groups (broad SMARTS) is 1. The number of thioether (sulfide) groups is 2. The van der Waals surface area contributed by atoms with Crippen LogP contribution < -0.4 is 0 Å². The van der Waals surface area contributed by atoms with Gasteiger partial charge in [-0.3, -0.25) is 9.59 Å². The largest absolute Gasteiger partial charge is 0.481 e. The molecule has 0 saturated heterocycles. The number of nitriles is 1. The van der Waals surface area contributed by atoms with Crippen molar-refractivity contribution in [3.8, 4) is 6.07 Å². The number of nitrogens with zero attached hydrogens (tertiary/aromatic N) is 1. The third kappa shape index (κ3) is 15.3. The van der Waals surface area contributed by atoms with Crippen LogP contribution in [-0.2, 0) is 4.79 Å². The van der Waals surface area contributed by atoms with Crippen molar-refractivity contribution in [2.45, 2.75) is 95.6 Å². The number of carboxylic acids is 1. The van der Waals surface area contributed by atoms with E-state index in [0.717, 1.165) is 30.4 Å². The average Bonchev–Trinajstić information content (AvgIpc) is 2.58. The molecule has 0 aliphatic heterocycles. The van der Waals surface area contributed by atoms with Crippen LogP contribution in [0.1, 0.15) is 90.9 Å². The number of hydrogen-bond acceptors (Lipinski definition) is 5. The molecule has 4 nitrogen and oxygen atoms in total. The van der Waals surface area contributed by atoms with Gasteiger partial charge in [-0.2, -0.15) is 5.26 Å². The zero-order valence-corrected chi connectivity index (χ0v) is 17.4. The summed E-state index contributed by atoms with van der Waals surface area (Å²) >= 11 is 2.23. The summed E-state index contributed by atoms with van der Waals surface area (Å²) in [6, 6.07) is 2.07. The Morgan fingerprint density at radius 3 is 2.00 bits per heavy atom. The summed E-state index contributed by atoms with van der Waals surface area (Å²) in [5.41, 5.74) is 0. The molecule has 0 saturated carbocycles. The van der Waals surface area contributed by atoms with Gasteiger partial charge in [0, 0.05) is 12.2 Å². The second kappa shape index (κ2) is 15.6. The van der Waals surface area contributed by atoms with Gasteiger partial charge in [-0.15, -0.1) is 0 Å². The molecule has 1 unspecified atom stereocenters. The molecule has 0 amide bonds. The van der Waals surface area contributed by atoms with Crippen molar-refractivity contribution in [2.24, 2.45) is 0 Å². The Balaban J connectivity index is 3.63. The van der Waals surface area contributed by atoms with Gasteiger partial charge in [0.1, 0.15) is 4.75 Å². The highest BCUT2D eigenvalue weighted by atomic mass is 32.2. The molecular weight excluding hydrogens is 354 g/mol. The van der Waals surface area contributed by atoms with Crippen molar-refractivity contribution in [2.75, 3.05) is 5.75 Å². The quantitative estimate of drug-likeness (QED) is 0.317. The topological polar surface area (TPSA) is 78.2 Å². The minimum Gasteiger partial charge on any atom is -0.481 e. The van der Waals surface area contributed by atoms with Crippen LogP contribution in [0.3, 0.4) is 0 Å². The fraction of sp³-hybridized carbons (Fsp3) is 0.842. The molecule has 0 aromatic rings. The van der Waals surface area contributed by atoms with Crippen LogP contribution in [-0.4, -0.2) is 26.0 Å². The van der Waals surface area contributed by atoms with Crippen LogP contribution in [0.4, 0.5) is 4.79 Å². The van der Waals surface area contributed by atoms with E-state index in [0.29, 0.717) is 0 Å². The van der Waals surface area contributed by atoms with E-state index in [1.54, 1.807) is 6.92 Å². The molecule has 0 aliphatic rings. The van der Waals surface area contributed by atoms with E-state index in [1.807, 2.05) is 0 Å². The lowest BCUT2D eigenvalue weighted by Gasteiger charge is -2.18. The average molecular weight is 388 g/mol. The molecule has 0 fully saturated rings. The molecule has 1 atom stereocenters. The van der Waals surface area contributed by atoms with Crippen LogP contribution in [0, 0.1) is 11.3 Å². The molecule has 0 aromatic carbocycles. The van der Waals surface area contributed by atoms with Crippen LogP contribution in [0.15, 0.2) is 0 Å². The number of hydrogen-bond donors (Lipinski definition) is 1. The Morgan fingerprint density at radius 1 is 1.00 bits per heavy atom. The normalized spacial score (nSPS) is 13.2. The molecule has 0 aromatic heterocycles. The SMILES string of the molecule is CCCCCCCCCCCCSC(=O)SC(C)(C#N)CCC(=O)O. The summed E-state index contributed by atoms with van der Waals surface area (Å²) in [5.74, 6) is -0.157. The Morgan fingerprint density at radius 2 is 1.52 bits per heavy atom. The molecule has 1 N–H and O–H groups in total. The second-order valence-corrected chi connectivity index (χ2v) is 9.42. The van der Waals surface area contributed by atoms with E-state index in [-0.39, 0.29) is 17.3 Å². The monoisotopic (exact) mass is 387 g/mol. The second-order valence-electron chi connectivity index (χ2n) is 6.62. The van der Waals surface area contributed by atoms with Crippen molar-refractivity contribution >= 4 is 33.9 Å². The maximum absolute atomic E-state index is 11.9. The molecule has 6 heteroatoms. The predicted octanol–water partition coefficient (Wildman–Crippen LogP) is 6.64. The van der Waals surface area contributed by atoms with E-state index in [9.17, 15) is 14.9 Å². The Kier molecular flexibility index (Phi) is 15.2. The van der Waals surface area contributed by atoms with E-state index >= 15 is 0 Å². The smallest absolute Gasteiger partial charge is 0.303 e. The minimum atomic E-state index is -0.944. The molecule has 144 valence electrons. The summed E-state index contributed by atoms with van der Waals surface area (Å²) in [6.07, 6.45) is 12.8. The standard InChI is InChI=1S/C19H33NO3S2/c1-3-4-5-6-7-8-9-10-11-12-15-24-18(23)25-19(2,16-20)14-13-17(21)22/h3-15H2,1-2H3,(H,21,22). The van der Waals surface area contributed by atoms with E-state index < -0.39 is 10.7 Å². The first-order valence-electron chi connectivity index (χ1n) is 9.42. The third-order valence-corrected chi connectivity index (χ3v) is 6.32. The van der Waals surface area contributed by atoms with Crippen molar-refractivity contribution in [1.82, 2.24) is 0 Å². The van der Waals surface area contributed by atoms with Gasteiger partial charge in [0.2, 0.25) is 4.45 Å². The van der Waals surface area contributed by atoms with Crippen LogP contribution in [0.2, 0.25) is 0 Å². The van der Waals surface area contributed by atoms with Gasteiger partial charge in [0.15, 0.2) is 0 Å². The summed E-state index contributed by atoms with van der Waals surface area (Å²) in [7, 11) is 0. The van der Waals surface area contributed by atoms with Crippen LogP contribution in [0.25, 0.3) is 0 Å². The van der Waals surface area contributed by atoms with E-state index in [2.05, 4.69) is 13.0 Å². The number of carbonyl (C=O) groups excluding carboxylic acids is 1. The molecular formula is C19H33NO3S2. The molecule has 0 bridgehead atoms. The highest BCUT2D eigenvalue weighted by Gasteiger charge is 2.29. The fourth-order valence-electron chi connectivity index (χ4n) is 2.43. The molecule has 0 radical (unpaired) electrons. The molecule has 0 aliphatic carbocycles. The Bertz CT molecular complexity index is 423. The third-order valence-electron chi connectivity index (χ3n) is 4.08. The summed E-state index contributed by atoms with van der Waals surface area (Å²) in [6.45, 7) is 3.87. The van der Waals surface area contributed by atoms with Gasteiger partial charge >= 0.3 is 5.97 Å². The predicted molar refractivity (Wildman–Crippen MR) is 108 cm³/mol. The lowest BCUT2D eigenvalue weighted by atomic mass is 10.1. The first-order chi connectivity index (χ1) is 11.9. The molecule has 0 rings (SSSR count). The van der Waals surface area contributed by atoms with E-state index in [1.165, 1.54) is 63.1 Å². The summed E-state index contributed by atoms with van der Waals surface area (Å²) < 4.78 is -1.02. The number of carbonyl (C=O) groups is 2. The molecule has 0 spiro atoms. The zero-order valence-electron chi connectivity index (χ0n) is 15.7. The fourth-order valence-corrected chi connectivity index (χ4v) is 4.60. The van der Waals surface area contributed by atoms with Crippen molar-refractivity contribution in [1.29, 1.82) is 5.26 Å². The number of aliphatic carboxylic acids is 1. The zero-order chi connectivity index (χ0) is 19.0. The first kappa shape index (κ1) is 24.3. The van der Waals surface area contributed by atoms with Crippen molar-refractivity contribution < 1.29 is 14.7 Å². The van der Waals surface area contributed by atoms with Gasteiger partial charge in [-0.05, 0) is 19.8 Å². The number of rotatable bonds is 15. The van der Waals surface area contributed by atoms with Crippen LogP contribution in [0.5, 0.6) is 0 Å². The maximum Gasteiger partial charge on any atom is 0.303 e.